The van der Waals surface area contributed by atoms with Crippen LogP contribution in [0.25, 0.3) is 0 Å². The second-order valence-corrected chi connectivity index (χ2v) is 3.14. The minimum atomic E-state index is -4.69. The number of hydrogen-bond donors (Lipinski definition) is 1. The number of ether oxygens (including phenoxy) is 1. The maximum absolute atomic E-state index is 12.6. The van der Waals surface area contributed by atoms with Gasteiger partial charge < -0.3 is 10.5 Å². The summed E-state index contributed by atoms with van der Waals surface area (Å²) in [7, 11) is 1.13. The molecule has 0 bridgehead atoms. The third-order valence-electron chi connectivity index (χ3n) is 2.13. The normalized spacial score (nSPS) is 11.4. The fourth-order valence-electron chi connectivity index (χ4n) is 1.35. The van der Waals surface area contributed by atoms with Crippen molar-refractivity contribution in [2.75, 3.05) is 7.11 Å². The van der Waals surface area contributed by atoms with E-state index in [0.29, 0.717) is 6.07 Å². The van der Waals surface area contributed by atoms with Crippen molar-refractivity contribution in [3.8, 4) is 5.75 Å². The molecule has 0 saturated heterocycles. The van der Waals surface area contributed by atoms with E-state index in [9.17, 15) is 23.3 Å². The molecule has 2 N–H and O–H groups in total. The quantitative estimate of drug-likeness (QED) is 0.658. The van der Waals surface area contributed by atoms with Gasteiger partial charge in [0.05, 0.1) is 17.6 Å². The molecular formula is C9H9F3N2O3. The molecule has 1 aromatic carbocycles. The van der Waals surface area contributed by atoms with Gasteiger partial charge in [-0.1, -0.05) is 0 Å². The Morgan fingerprint density at radius 3 is 2.41 bits per heavy atom. The average molecular weight is 250 g/mol. The van der Waals surface area contributed by atoms with Crippen LogP contribution in [0.4, 0.5) is 18.9 Å². The van der Waals surface area contributed by atoms with Crippen LogP contribution in [-0.2, 0) is 12.7 Å². The molecule has 0 fully saturated rings. The van der Waals surface area contributed by atoms with Crippen molar-refractivity contribution in [3.05, 3.63) is 33.4 Å². The maximum atomic E-state index is 12.6. The van der Waals surface area contributed by atoms with Crippen LogP contribution < -0.4 is 10.5 Å². The maximum Gasteiger partial charge on any atom is 0.416 e. The highest BCUT2D eigenvalue weighted by molar-refractivity contribution is 5.53. The Labute approximate surface area is 94.1 Å². The van der Waals surface area contributed by atoms with Crippen molar-refractivity contribution in [2.24, 2.45) is 5.73 Å². The van der Waals surface area contributed by atoms with E-state index < -0.39 is 22.4 Å². The molecule has 0 aromatic heterocycles. The molecule has 0 aliphatic heterocycles. The van der Waals surface area contributed by atoms with Crippen LogP contribution in [0.15, 0.2) is 12.1 Å². The number of hydrogen-bond acceptors (Lipinski definition) is 4. The van der Waals surface area contributed by atoms with Crippen LogP contribution in [0, 0.1) is 10.1 Å². The van der Waals surface area contributed by atoms with E-state index in [2.05, 4.69) is 4.74 Å². The Hall–Kier alpha value is -1.83. The Kier molecular flexibility index (Phi) is 3.56. The highest BCUT2D eigenvalue weighted by Gasteiger charge is 2.36. The van der Waals surface area contributed by atoms with E-state index >= 15 is 0 Å². The second kappa shape index (κ2) is 4.58. The van der Waals surface area contributed by atoms with Gasteiger partial charge >= 0.3 is 11.9 Å². The molecule has 1 aromatic rings. The molecule has 94 valence electrons. The van der Waals surface area contributed by atoms with E-state index in [0.717, 1.165) is 13.2 Å². The number of methoxy groups -OCH3 is 1. The van der Waals surface area contributed by atoms with Crippen LogP contribution >= 0.6 is 0 Å². The highest BCUT2D eigenvalue weighted by Crippen LogP contribution is 2.38. The number of nitro groups is 1. The van der Waals surface area contributed by atoms with E-state index in [1.807, 2.05) is 0 Å². The molecule has 0 unspecified atom stereocenters. The summed E-state index contributed by atoms with van der Waals surface area (Å²) in [6, 6.07) is 1.36. The van der Waals surface area contributed by atoms with Crippen LogP contribution in [0.5, 0.6) is 5.75 Å². The van der Waals surface area contributed by atoms with Crippen LogP contribution in [-0.4, -0.2) is 12.0 Å². The van der Waals surface area contributed by atoms with Crippen LogP contribution in [0.3, 0.4) is 0 Å². The lowest BCUT2D eigenvalue weighted by atomic mass is 10.1. The molecule has 0 radical (unpaired) electrons. The van der Waals surface area contributed by atoms with Crippen molar-refractivity contribution in [3.63, 3.8) is 0 Å². The van der Waals surface area contributed by atoms with Crippen molar-refractivity contribution >= 4 is 5.69 Å². The Bertz CT molecular complexity index is 446. The fourth-order valence-corrected chi connectivity index (χ4v) is 1.35. The number of benzene rings is 1. The van der Waals surface area contributed by atoms with Crippen molar-refractivity contribution in [1.82, 2.24) is 0 Å². The Morgan fingerprint density at radius 1 is 1.47 bits per heavy atom. The van der Waals surface area contributed by atoms with Crippen LogP contribution in [0.2, 0.25) is 0 Å². The molecule has 0 aliphatic rings. The summed E-state index contributed by atoms with van der Waals surface area (Å²) >= 11 is 0. The summed E-state index contributed by atoms with van der Waals surface area (Å²) in [5, 5.41) is 10.6. The lowest BCUT2D eigenvalue weighted by Gasteiger charge is -2.13. The first kappa shape index (κ1) is 13.2. The second-order valence-electron chi connectivity index (χ2n) is 3.14. The van der Waals surface area contributed by atoms with E-state index in [-0.39, 0.29) is 17.9 Å². The smallest absolute Gasteiger partial charge is 0.416 e. The Balaban J connectivity index is 3.50. The monoisotopic (exact) mass is 250 g/mol. The highest BCUT2D eigenvalue weighted by atomic mass is 19.4. The molecule has 8 heteroatoms. The lowest BCUT2D eigenvalue weighted by molar-refractivity contribution is -0.386. The summed E-state index contributed by atoms with van der Waals surface area (Å²) in [5.74, 6) is -0.247. The number of nitrogens with two attached hydrogens (primary N) is 1. The average Bonchev–Trinajstić information content (AvgIpc) is 2.25. The number of halogens is 3. The molecule has 5 nitrogen and oxygen atoms in total. The van der Waals surface area contributed by atoms with Crippen molar-refractivity contribution in [2.45, 2.75) is 12.7 Å². The van der Waals surface area contributed by atoms with Gasteiger partial charge in [0.1, 0.15) is 0 Å². The first-order valence-electron chi connectivity index (χ1n) is 4.43. The zero-order valence-corrected chi connectivity index (χ0v) is 8.75. The van der Waals surface area contributed by atoms with Gasteiger partial charge in [0.15, 0.2) is 5.75 Å². The standard InChI is InChI=1S/C9H9F3N2O3/c1-17-8-2-5(4-13)6(9(10,11)12)3-7(8)14(15)16/h2-3H,4,13H2,1H3. The lowest BCUT2D eigenvalue weighted by Crippen LogP contribution is -2.13. The van der Waals surface area contributed by atoms with Gasteiger partial charge in [-0.15, -0.1) is 0 Å². The van der Waals surface area contributed by atoms with Gasteiger partial charge in [-0.3, -0.25) is 10.1 Å². The predicted molar refractivity (Wildman–Crippen MR) is 52.5 cm³/mol. The topological polar surface area (TPSA) is 78.4 Å². The zero-order valence-electron chi connectivity index (χ0n) is 8.75. The third kappa shape index (κ3) is 2.64. The van der Waals surface area contributed by atoms with Gasteiger partial charge in [-0.25, -0.2) is 0 Å². The Morgan fingerprint density at radius 2 is 2.06 bits per heavy atom. The van der Waals surface area contributed by atoms with E-state index in [1.165, 1.54) is 0 Å². The summed E-state index contributed by atoms with van der Waals surface area (Å²) in [5.41, 5.74) is 3.06. The molecular weight excluding hydrogens is 241 g/mol. The zero-order chi connectivity index (χ0) is 13.2. The number of nitrogens with zero attached hydrogens (tertiary/aromatic N) is 1. The first-order valence-corrected chi connectivity index (χ1v) is 4.43. The molecule has 0 heterocycles. The fraction of sp³-hybridized carbons (Fsp3) is 0.333. The van der Waals surface area contributed by atoms with Gasteiger partial charge in [0.2, 0.25) is 0 Å². The minimum Gasteiger partial charge on any atom is -0.490 e. The summed E-state index contributed by atoms with van der Waals surface area (Å²) < 4.78 is 42.4. The molecule has 0 spiro atoms. The predicted octanol–water partition coefficient (Wildman–Crippen LogP) is 2.08. The number of alkyl halides is 3. The third-order valence-corrected chi connectivity index (χ3v) is 2.13. The minimum absolute atomic E-state index is 0.247. The summed E-state index contributed by atoms with van der Waals surface area (Å²) in [4.78, 5) is 9.65. The molecule has 17 heavy (non-hydrogen) atoms. The summed E-state index contributed by atoms with van der Waals surface area (Å²) in [6.45, 7) is -0.386. The number of rotatable bonds is 3. The SMILES string of the molecule is COc1cc(CN)c(C(F)(F)F)cc1[N+](=O)[O-]. The van der Waals surface area contributed by atoms with Gasteiger partial charge in [-0.2, -0.15) is 13.2 Å². The first-order chi connectivity index (χ1) is 7.81. The molecule has 1 rings (SSSR count). The van der Waals surface area contributed by atoms with Crippen LogP contribution in [0.1, 0.15) is 11.1 Å². The molecule has 0 aliphatic carbocycles. The molecule has 0 atom stereocenters. The van der Waals surface area contributed by atoms with Crippen molar-refractivity contribution in [1.29, 1.82) is 0 Å². The van der Waals surface area contributed by atoms with Gasteiger partial charge in [-0.05, 0) is 11.6 Å². The van der Waals surface area contributed by atoms with E-state index in [4.69, 9.17) is 5.73 Å². The molecule has 0 saturated carbocycles. The van der Waals surface area contributed by atoms with Crippen molar-refractivity contribution < 1.29 is 22.8 Å². The van der Waals surface area contributed by atoms with E-state index in [1.54, 1.807) is 0 Å². The molecule has 0 amide bonds. The van der Waals surface area contributed by atoms with Gasteiger partial charge in [0.25, 0.3) is 0 Å². The summed E-state index contributed by atoms with van der Waals surface area (Å²) in [6.07, 6.45) is -4.69. The van der Waals surface area contributed by atoms with Gasteiger partial charge in [0, 0.05) is 12.6 Å². The largest absolute Gasteiger partial charge is 0.490 e. The number of nitro benzene ring substituents is 1.